The predicted octanol–water partition coefficient (Wildman–Crippen LogP) is 4.06. The van der Waals surface area contributed by atoms with E-state index in [-0.39, 0.29) is 22.3 Å². The summed E-state index contributed by atoms with van der Waals surface area (Å²) in [6.07, 6.45) is 0. The first-order chi connectivity index (χ1) is 15.3. The van der Waals surface area contributed by atoms with Gasteiger partial charge in [-0.2, -0.15) is 0 Å². The van der Waals surface area contributed by atoms with Gasteiger partial charge in [-0.25, -0.2) is 4.79 Å². The highest BCUT2D eigenvalue weighted by atomic mass is 35.5. The van der Waals surface area contributed by atoms with Gasteiger partial charge in [0.05, 0.1) is 4.92 Å². The van der Waals surface area contributed by atoms with Crippen molar-refractivity contribution in [2.45, 2.75) is 0 Å². The molecule has 0 aliphatic heterocycles. The zero-order chi connectivity index (χ0) is 23.0. The Labute approximate surface area is 185 Å². The highest BCUT2D eigenvalue weighted by Gasteiger charge is 2.39. The largest absolute Gasteiger partial charge is 0.454 e. The maximum atomic E-state index is 13.0. The Balaban J connectivity index is 1.68. The molecule has 8 nitrogen and oxygen atoms in total. The van der Waals surface area contributed by atoms with Crippen LogP contribution in [0.1, 0.15) is 52.6 Å². The summed E-state index contributed by atoms with van der Waals surface area (Å²) in [5.74, 6) is -3.01. The SMILES string of the molecule is O=C(COC(=O)c1ccc2c(c1[N+](=O)[O-])C(=O)c1ccccc1C2=O)c1ccc(Cl)cc1. The molecule has 0 N–H and O–H groups in total. The number of carbonyl (C=O) groups is 4. The molecule has 4 rings (SSSR count). The smallest absolute Gasteiger partial charge is 0.345 e. The van der Waals surface area contributed by atoms with Gasteiger partial charge in [0.1, 0.15) is 11.1 Å². The maximum Gasteiger partial charge on any atom is 0.345 e. The molecular formula is C23H12ClNO7. The molecule has 0 fully saturated rings. The van der Waals surface area contributed by atoms with Gasteiger partial charge in [-0.1, -0.05) is 35.9 Å². The molecule has 0 atom stereocenters. The number of nitro groups is 1. The lowest BCUT2D eigenvalue weighted by Gasteiger charge is -2.18. The molecule has 0 bridgehead atoms. The number of Topliss-reactive ketones (excluding diaryl/α,β-unsaturated/α-hetero) is 1. The summed E-state index contributed by atoms with van der Waals surface area (Å²) >= 11 is 5.77. The van der Waals surface area contributed by atoms with E-state index in [1.54, 1.807) is 6.07 Å². The average Bonchev–Trinajstić information content (AvgIpc) is 2.80. The fraction of sp³-hybridized carbons (Fsp3) is 0.0435. The number of esters is 1. The Hall–Kier alpha value is -4.17. The summed E-state index contributed by atoms with van der Waals surface area (Å²) in [5.41, 5.74) is -1.64. The standard InChI is InChI=1S/C23H12ClNO7/c24-13-7-5-12(6-8-13)18(26)11-32-23(29)17-10-9-16-19(20(17)25(30)31)22(28)15-4-2-1-3-14(15)21(16)27/h1-10H,11H2. The number of hydrogen-bond donors (Lipinski definition) is 0. The first kappa shape index (κ1) is 21.1. The van der Waals surface area contributed by atoms with Crippen molar-refractivity contribution in [3.05, 3.63) is 109 Å². The van der Waals surface area contributed by atoms with Crippen LogP contribution in [-0.4, -0.2) is 34.8 Å². The van der Waals surface area contributed by atoms with Crippen molar-refractivity contribution in [3.8, 4) is 0 Å². The Morgan fingerprint density at radius 2 is 1.50 bits per heavy atom. The summed E-state index contributed by atoms with van der Waals surface area (Å²) in [6.45, 7) is -0.676. The minimum atomic E-state index is -1.17. The Bertz CT molecular complexity index is 1330. The molecule has 0 spiro atoms. The molecule has 158 valence electrons. The second kappa shape index (κ2) is 8.16. The number of ketones is 3. The molecule has 9 heteroatoms. The van der Waals surface area contributed by atoms with Gasteiger partial charge in [-0.3, -0.25) is 24.5 Å². The summed E-state index contributed by atoms with van der Waals surface area (Å²) in [6, 6.07) is 14.0. The molecule has 0 radical (unpaired) electrons. The Morgan fingerprint density at radius 1 is 0.875 bits per heavy atom. The van der Waals surface area contributed by atoms with Crippen LogP contribution in [-0.2, 0) is 4.74 Å². The van der Waals surface area contributed by atoms with E-state index >= 15 is 0 Å². The van der Waals surface area contributed by atoms with Gasteiger partial charge < -0.3 is 4.74 Å². The molecular weight excluding hydrogens is 438 g/mol. The van der Waals surface area contributed by atoms with Crippen LogP contribution in [0.25, 0.3) is 0 Å². The van der Waals surface area contributed by atoms with Crippen LogP contribution in [0.2, 0.25) is 5.02 Å². The lowest BCUT2D eigenvalue weighted by atomic mass is 9.82. The zero-order valence-corrected chi connectivity index (χ0v) is 16.9. The highest BCUT2D eigenvalue weighted by Crippen LogP contribution is 2.35. The van der Waals surface area contributed by atoms with Gasteiger partial charge in [0.2, 0.25) is 5.78 Å². The molecule has 1 aliphatic rings. The van der Waals surface area contributed by atoms with E-state index in [2.05, 4.69) is 0 Å². The van der Waals surface area contributed by atoms with Crippen LogP contribution in [0.3, 0.4) is 0 Å². The minimum absolute atomic E-state index is 0.0107. The third-order valence-corrected chi connectivity index (χ3v) is 5.22. The summed E-state index contributed by atoms with van der Waals surface area (Å²) in [7, 11) is 0. The summed E-state index contributed by atoms with van der Waals surface area (Å²) < 4.78 is 4.97. The van der Waals surface area contributed by atoms with Crippen LogP contribution in [0.15, 0.2) is 60.7 Å². The van der Waals surface area contributed by atoms with E-state index in [4.69, 9.17) is 16.3 Å². The molecule has 32 heavy (non-hydrogen) atoms. The van der Waals surface area contributed by atoms with Crippen LogP contribution in [0.4, 0.5) is 5.69 Å². The summed E-state index contributed by atoms with van der Waals surface area (Å²) in [5, 5.41) is 12.2. The van der Waals surface area contributed by atoms with Gasteiger partial charge in [0, 0.05) is 27.3 Å². The second-order valence-electron chi connectivity index (χ2n) is 6.85. The number of hydrogen-bond acceptors (Lipinski definition) is 7. The number of nitrogens with zero attached hydrogens (tertiary/aromatic N) is 1. The van der Waals surface area contributed by atoms with Gasteiger partial charge in [0.25, 0.3) is 5.69 Å². The minimum Gasteiger partial charge on any atom is -0.454 e. The number of halogens is 1. The Morgan fingerprint density at radius 3 is 2.12 bits per heavy atom. The van der Waals surface area contributed by atoms with Gasteiger partial charge in [-0.15, -0.1) is 0 Å². The lowest BCUT2D eigenvalue weighted by Crippen LogP contribution is -2.24. The monoisotopic (exact) mass is 449 g/mol. The molecule has 1 aliphatic carbocycles. The third-order valence-electron chi connectivity index (χ3n) is 4.97. The van der Waals surface area contributed by atoms with Crippen molar-refractivity contribution >= 4 is 40.6 Å². The van der Waals surface area contributed by atoms with Gasteiger partial charge in [-0.05, 0) is 36.4 Å². The van der Waals surface area contributed by atoms with E-state index in [0.29, 0.717) is 5.02 Å². The van der Waals surface area contributed by atoms with Gasteiger partial charge in [0.15, 0.2) is 18.2 Å². The van der Waals surface area contributed by atoms with Crippen LogP contribution >= 0.6 is 11.6 Å². The lowest BCUT2D eigenvalue weighted by molar-refractivity contribution is -0.385. The van der Waals surface area contributed by atoms with Crippen molar-refractivity contribution in [1.82, 2.24) is 0 Å². The van der Waals surface area contributed by atoms with E-state index in [1.807, 2.05) is 0 Å². The van der Waals surface area contributed by atoms with E-state index in [1.165, 1.54) is 48.5 Å². The van der Waals surface area contributed by atoms with E-state index in [0.717, 1.165) is 6.07 Å². The molecule has 0 saturated carbocycles. The number of ether oxygens (including phenoxy) is 1. The molecule has 0 unspecified atom stereocenters. The molecule has 0 aromatic heterocycles. The number of fused-ring (bicyclic) bond motifs is 2. The fourth-order valence-corrected chi connectivity index (χ4v) is 3.58. The number of benzene rings is 3. The number of nitro benzene ring substituents is 1. The molecule has 0 heterocycles. The average molecular weight is 450 g/mol. The normalized spacial score (nSPS) is 12.0. The first-order valence-electron chi connectivity index (χ1n) is 9.25. The van der Waals surface area contributed by atoms with Crippen LogP contribution in [0, 0.1) is 10.1 Å². The van der Waals surface area contributed by atoms with Crippen molar-refractivity contribution in [1.29, 1.82) is 0 Å². The predicted molar refractivity (Wildman–Crippen MR) is 112 cm³/mol. The number of rotatable bonds is 5. The third kappa shape index (κ3) is 3.57. The van der Waals surface area contributed by atoms with Gasteiger partial charge >= 0.3 is 5.97 Å². The highest BCUT2D eigenvalue weighted by molar-refractivity contribution is 6.31. The Kier molecular flexibility index (Phi) is 5.38. The quantitative estimate of drug-likeness (QED) is 0.195. The molecule has 3 aromatic rings. The van der Waals surface area contributed by atoms with Crippen LogP contribution < -0.4 is 0 Å². The fourth-order valence-electron chi connectivity index (χ4n) is 3.45. The van der Waals surface area contributed by atoms with Crippen molar-refractivity contribution in [2.24, 2.45) is 0 Å². The summed E-state index contributed by atoms with van der Waals surface area (Å²) in [4.78, 5) is 61.4. The first-order valence-corrected chi connectivity index (χ1v) is 9.63. The van der Waals surface area contributed by atoms with E-state index in [9.17, 15) is 29.3 Å². The molecule has 0 saturated heterocycles. The topological polar surface area (TPSA) is 121 Å². The molecule has 0 amide bonds. The second-order valence-corrected chi connectivity index (χ2v) is 7.29. The van der Waals surface area contributed by atoms with Crippen molar-refractivity contribution in [3.63, 3.8) is 0 Å². The zero-order valence-electron chi connectivity index (χ0n) is 16.2. The van der Waals surface area contributed by atoms with Crippen molar-refractivity contribution < 1.29 is 28.8 Å². The maximum absolute atomic E-state index is 13.0. The van der Waals surface area contributed by atoms with E-state index < -0.39 is 51.7 Å². The molecule has 3 aromatic carbocycles. The van der Waals surface area contributed by atoms with Crippen LogP contribution in [0.5, 0.6) is 0 Å². The van der Waals surface area contributed by atoms with Crippen molar-refractivity contribution in [2.75, 3.05) is 6.61 Å². The number of carbonyl (C=O) groups excluding carboxylic acids is 4.